The van der Waals surface area contributed by atoms with Crippen LogP contribution in [-0.4, -0.2) is 77.9 Å². The molecule has 2 saturated heterocycles. The fourth-order valence-electron chi connectivity index (χ4n) is 4.43. The van der Waals surface area contributed by atoms with Gasteiger partial charge in [-0.25, -0.2) is 4.98 Å². The highest BCUT2D eigenvalue weighted by Crippen LogP contribution is 2.45. The van der Waals surface area contributed by atoms with Crippen LogP contribution in [-0.2, 0) is 11.3 Å². The molecule has 0 unspecified atom stereocenters. The Bertz CT molecular complexity index is 511. The summed E-state index contributed by atoms with van der Waals surface area (Å²) in [6.45, 7) is 9.47. The first-order chi connectivity index (χ1) is 11.7. The highest BCUT2D eigenvalue weighted by Gasteiger charge is 2.44. The van der Waals surface area contributed by atoms with Crippen molar-refractivity contribution in [3.05, 3.63) is 17.7 Å². The van der Waals surface area contributed by atoms with Crippen molar-refractivity contribution in [3.8, 4) is 0 Å². The van der Waals surface area contributed by atoms with Gasteiger partial charge < -0.3 is 19.7 Å². The molecule has 1 spiro atoms. The van der Waals surface area contributed by atoms with E-state index in [2.05, 4.69) is 26.7 Å². The number of hydrogen-bond acceptors (Lipinski definition) is 5. The van der Waals surface area contributed by atoms with Crippen LogP contribution in [0.3, 0.4) is 0 Å². The van der Waals surface area contributed by atoms with E-state index in [0.29, 0.717) is 17.9 Å². The van der Waals surface area contributed by atoms with Gasteiger partial charge in [-0.2, -0.15) is 0 Å². The number of ether oxygens (including phenoxy) is 1. The van der Waals surface area contributed by atoms with Gasteiger partial charge in [-0.1, -0.05) is 0 Å². The van der Waals surface area contributed by atoms with Crippen molar-refractivity contribution in [2.75, 3.05) is 53.0 Å². The molecule has 2 N–H and O–H groups in total. The Morgan fingerprint density at radius 1 is 1.29 bits per heavy atom. The molecule has 24 heavy (non-hydrogen) atoms. The topological polar surface area (TPSA) is 64.6 Å². The van der Waals surface area contributed by atoms with Crippen molar-refractivity contribution in [2.24, 2.45) is 11.3 Å². The largest absolute Gasteiger partial charge is 0.396 e. The van der Waals surface area contributed by atoms with Crippen LogP contribution in [0.4, 0.5) is 0 Å². The SMILES string of the molecule is COCCN1CCC2(CCN(Cc3nc[nH]c3C)CC2)[C@H](CO)C1. The summed E-state index contributed by atoms with van der Waals surface area (Å²) in [6.07, 6.45) is 5.38. The maximum Gasteiger partial charge on any atom is 0.0925 e. The molecule has 3 heterocycles. The predicted molar refractivity (Wildman–Crippen MR) is 93.8 cm³/mol. The third-order valence-corrected chi connectivity index (χ3v) is 6.26. The minimum absolute atomic E-state index is 0.307. The lowest BCUT2D eigenvalue weighted by Gasteiger charge is -2.51. The number of nitrogens with one attached hydrogen (secondary N) is 1. The second-order valence-electron chi connectivity index (χ2n) is 7.54. The number of methoxy groups -OCH3 is 1. The van der Waals surface area contributed by atoms with Crippen molar-refractivity contribution in [1.29, 1.82) is 0 Å². The van der Waals surface area contributed by atoms with E-state index in [0.717, 1.165) is 45.9 Å². The number of aryl methyl sites for hydroxylation is 1. The van der Waals surface area contributed by atoms with Crippen LogP contribution >= 0.6 is 0 Å². The van der Waals surface area contributed by atoms with E-state index in [1.54, 1.807) is 13.4 Å². The highest BCUT2D eigenvalue weighted by atomic mass is 16.5. The van der Waals surface area contributed by atoms with Gasteiger partial charge in [0.05, 0.1) is 18.6 Å². The molecule has 0 aromatic carbocycles. The minimum Gasteiger partial charge on any atom is -0.396 e. The summed E-state index contributed by atoms with van der Waals surface area (Å²) in [5.41, 5.74) is 2.67. The lowest BCUT2D eigenvalue weighted by Crippen LogP contribution is -2.53. The van der Waals surface area contributed by atoms with Crippen molar-refractivity contribution in [3.63, 3.8) is 0 Å². The van der Waals surface area contributed by atoms with Gasteiger partial charge in [-0.05, 0) is 51.2 Å². The van der Waals surface area contributed by atoms with Gasteiger partial charge in [0.2, 0.25) is 0 Å². The van der Waals surface area contributed by atoms with Crippen molar-refractivity contribution in [2.45, 2.75) is 32.7 Å². The number of aromatic nitrogens is 2. The number of nitrogens with zero attached hydrogens (tertiary/aromatic N) is 3. The number of aliphatic hydroxyl groups excluding tert-OH is 1. The molecule has 0 aliphatic carbocycles. The maximum absolute atomic E-state index is 9.98. The van der Waals surface area contributed by atoms with E-state index >= 15 is 0 Å². The number of imidazole rings is 1. The summed E-state index contributed by atoms with van der Waals surface area (Å²) in [5, 5.41) is 9.98. The second-order valence-corrected chi connectivity index (χ2v) is 7.54. The van der Waals surface area contributed by atoms with Crippen LogP contribution in [0.5, 0.6) is 0 Å². The molecule has 1 aromatic rings. The molecule has 2 fully saturated rings. The van der Waals surface area contributed by atoms with Gasteiger partial charge in [0.1, 0.15) is 0 Å². The Kier molecular flexibility index (Phi) is 5.92. The zero-order valence-electron chi connectivity index (χ0n) is 15.1. The predicted octanol–water partition coefficient (Wildman–Crippen LogP) is 1.26. The summed E-state index contributed by atoms with van der Waals surface area (Å²) in [4.78, 5) is 12.6. The van der Waals surface area contributed by atoms with Crippen molar-refractivity contribution >= 4 is 0 Å². The average Bonchev–Trinajstić information content (AvgIpc) is 3.01. The minimum atomic E-state index is 0.307. The van der Waals surface area contributed by atoms with Crippen molar-refractivity contribution < 1.29 is 9.84 Å². The van der Waals surface area contributed by atoms with Crippen LogP contribution in [0.2, 0.25) is 0 Å². The molecule has 3 rings (SSSR count). The van der Waals surface area contributed by atoms with E-state index in [1.165, 1.54) is 30.7 Å². The number of rotatable bonds is 6. The summed E-state index contributed by atoms with van der Waals surface area (Å²) >= 11 is 0. The zero-order valence-corrected chi connectivity index (χ0v) is 15.1. The smallest absolute Gasteiger partial charge is 0.0925 e. The molecule has 2 aliphatic heterocycles. The highest BCUT2D eigenvalue weighted by molar-refractivity contribution is 5.09. The van der Waals surface area contributed by atoms with E-state index < -0.39 is 0 Å². The molecular weight excluding hydrogens is 304 g/mol. The first-order valence-electron chi connectivity index (χ1n) is 9.20. The van der Waals surface area contributed by atoms with Crippen molar-refractivity contribution in [1.82, 2.24) is 19.8 Å². The molecular formula is C18H32N4O2. The molecule has 2 aliphatic rings. The van der Waals surface area contributed by atoms with Gasteiger partial charge in [0.25, 0.3) is 0 Å². The molecule has 0 radical (unpaired) electrons. The number of H-pyrrole nitrogens is 1. The molecule has 6 nitrogen and oxygen atoms in total. The Morgan fingerprint density at radius 3 is 2.58 bits per heavy atom. The Hall–Kier alpha value is -0.950. The Labute approximate surface area is 145 Å². The lowest BCUT2D eigenvalue weighted by molar-refractivity contribution is -0.0467. The molecule has 136 valence electrons. The van der Waals surface area contributed by atoms with E-state index in [4.69, 9.17) is 4.74 Å². The van der Waals surface area contributed by atoms with Gasteiger partial charge in [-0.15, -0.1) is 0 Å². The first kappa shape index (κ1) is 17.9. The van der Waals surface area contributed by atoms with Crippen LogP contribution < -0.4 is 0 Å². The third kappa shape index (κ3) is 3.82. The van der Waals surface area contributed by atoms with Crippen LogP contribution in [0.1, 0.15) is 30.7 Å². The summed E-state index contributed by atoms with van der Waals surface area (Å²) < 4.78 is 5.20. The normalized spacial score (nSPS) is 25.4. The lowest BCUT2D eigenvalue weighted by atomic mass is 9.64. The van der Waals surface area contributed by atoms with Crippen LogP contribution in [0, 0.1) is 18.3 Å². The standard InChI is InChI=1S/C18H32N4O2/c1-15-17(20-14-19-15)12-21-6-3-18(4-7-21)5-8-22(9-10-24-2)11-16(18)13-23/h14,16,23H,3-13H2,1-2H3,(H,19,20)/t16-/m0/s1. The van der Waals surface area contributed by atoms with Crippen LogP contribution in [0.25, 0.3) is 0 Å². The molecule has 0 bridgehead atoms. The molecule has 0 amide bonds. The zero-order chi connectivity index (χ0) is 17.0. The second kappa shape index (κ2) is 7.95. The average molecular weight is 336 g/mol. The summed E-state index contributed by atoms with van der Waals surface area (Å²) in [6, 6.07) is 0. The Morgan fingerprint density at radius 2 is 2.00 bits per heavy atom. The number of hydrogen-bond donors (Lipinski definition) is 2. The number of piperidine rings is 2. The van der Waals surface area contributed by atoms with Gasteiger partial charge in [0.15, 0.2) is 0 Å². The third-order valence-electron chi connectivity index (χ3n) is 6.26. The van der Waals surface area contributed by atoms with E-state index in [9.17, 15) is 5.11 Å². The number of aromatic amines is 1. The number of aliphatic hydroxyl groups is 1. The quantitative estimate of drug-likeness (QED) is 0.819. The summed E-state index contributed by atoms with van der Waals surface area (Å²) in [5.74, 6) is 0.400. The monoisotopic (exact) mass is 336 g/mol. The number of likely N-dealkylation sites (tertiary alicyclic amines) is 2. The molecule has 0 saturated carbocycles. The van der Waals surface area contributed by atoms with E-state index in [-0.39, 0.29) is 0 Å². The fraction of sp³-hybridized carbons (Fsp3) is 0.833. The van der Waals surface area contributed by atoms with E-state index in [1.807, 2.05) is 0 Å². The molecule has 6 heteroatoms. The Balaban J connectivity index is 1.55. The fourth-order valence-corrected chi connectivity index (χ4v) is 4.43. The maximum atomic E-state index is 9.98. The van der Waals surface area contributed by atoms with Crippen LogP contribution in [0.15, 0.2) is 6.33 Å². The van der Waals surface area contributed by atoms with Gasteiger partial charge in [-0.3, -0.25) is 4.90 Å². The molecule has 1 atom stereocenters. The van der Waals surface area contributed by atoms with Gasteiger partial charge in [0, 0.05) is 45.0 Å². The molecule has 1 aromatic heterocycles. The summed E-state index contributed by atoms with van der Waals surface area (Å²) in [7, 11) is 1.76. The van der Waals surface area contributed by atoms with Gasteiger partial charge >= 0.3 is 0 Å². The first-order valence-corrected chi connectivity index (χ1v) is 9.20.